The third-order valence-corrected chi connectivity index (χ3v) is 23.0. The normalized spacial score (nSPS) is 14.9. The van der Waals surface area contributed by atoms with Crippen molar-refractivity contribution in [2.45, 2.75) is 32.4 Å². The van der Waals surface area contributed by atoms with Crippen molar-refractivity contribution in [2.24, 2.45) is 0 Å². The molecule has 30 heteroatoms. The van der Waals surface area contributed by atoms with Gasteiger partial charge in [0.2, 0.25) is 17.8 Å². The Balaban J connectivity index is 0.000000168. The number of methoxy groups -OCH3 is 2. The van der Waals surface area contributed by atoms with E-state index in [-0.39, 0.29) is 22.5 Å². The molecule has 3 aromatic heterocycles. The minimum absolute atomic E-state index is 0.0886. The van der Waals surface area contributed by atoms with Crippen LogP contribution in [0.5, 0.6) is 11.5 Å². The Bertz CT molecular complexity index is 4550. The lowest BCUT2D eigenvalue weighted by Crippen LogP contribution is -2.52. The maximum absolute atomic E-state index is 14.8. The van der Waals surface area contributed by atoms with E-state index in [0.717, 1.165) is 124 Å². The molecule has 22 nitrogen and oxygen atoms in total. The van der Waals surface area contributed by atoms with Crippen molar-refractivity contribution in [3.05, 3.63) is 177 Å². The second-order valence-corrected chi connectivity index (χ2v) is 37.2. The molecule has 3 aliphatic rings. The van der Waals surface area contributed by atoms with Gasteiger partial charge in [0.25, 0.3) is 0 Å². The molecule has 12 rings (SSSR count). The molecule has 3 fully saturated rings. The molecule has 6 aromatic carbocycles. The summed E-state index contributed by atoms with van der Waals surface area (Å²) in [6, 6.07) is 37.6. The van der Waals surface area contributed by atoms with Crippen molar-refractivity contribution < 1.29 is 32.3 Å². The molecule has 0 bridgehead atoms. The third-order valence-electron chi connectivity index (χ3n) is 17.3. The van der Waals surface area contributed by atoms with E-state index in [0.29, 0.717) is 78.5 Å². The van der Waals surface area contributed by atoms with Crippen LogP contribution in [0.3, 0.4) is 0 Å². The van der Waals surface area contributed by atoms with E-state index in [1.165, 1.54) is 30.7 Å². The van der Waals surface area contributed by atoms with Gasteiger partial charge in [0, 0.05) is 103 Å². The van der Waals surface area contributed by atoms with Gasteiger partial charge >= 0.3 is 0 Å². The van der Waals surface area contributed by atoms with E-state index < -0.39 is 27.2 Å². The molecule has 0 unspecified atom stereocenters. The number of nitrogens with one attached hydrogen (secondary N) is 6. The summed E-state index contributed by atoms with van der Waals surface area (Å²) in [6.45, 7) is 22.8. The first kappa shape index (κ1) is 77.0. The van der Waals surface area contributed by atoms with Crippen molar-refractivity contribution in [3.8, 4) is 11.5 Å². The standard InChI is InChI=1S/C29H38ClFN7O2P.C24H29ClN5O3P.C19H19Cl2N4OP/c1-36-14-16-38(17-15-36)20-10-12-37(13-11-20)21-8-9-24(25(18-21)40-2)33-29-32-19-22(30)28(35-29)34-27-23(31)6-5-7-26(27)41(3,4)39;1-32-21-14-17(16-30-10-12-33-13-11-30)8-9-19(21)28-24-26-15-18(25)23(29-24)27-20-6-4-5-7-22(20)34(2,3)31;1-12-10-13(20)8-9-15(12)24-19-22-11-14(21)18(25-19)23-16-6-4-5-7-17(16)27(2,3)26/h5-9,18-20H,10-17H2,1-4H3,(H2,32,33,34,35);4-9,14-15H,10-13,16H2,1-3H3,(H2,26,27,28,29);4-11H,1-3H3,(H2,22,23,24,25). The molecule has 3 saturated heterocycles. The van der Waals surface area contributed by atoms with Crippen LogP contribution < -0.4 is 62.2 Å². The van der Waals surface area contributed by atoms with Gasteiger partial charge in [0.1, 0.15) is 53.8 Å². The molecule has 6 heterocycles. The fraction of sp³-hybridized carbons (Fsp3) is 0.333. The summed E-state index contributed by atoms with van der Waals surface area (Å²) in [5.74, 6) is 2.87. The highest BCUT2D eigenvalue weighted by molar-refractivity contribution is 7.71. The quantitative estimate of drug-likeness (QED) is 0.0366. The zero-order chi connectivity index (χ0) is 72.9. The lowest BCUT2D eigenvalue weighted by atomic mass is 10.0. The number of anilines is 13. The van der Waals surface area contributed by atoms with E-state index >= 15 is 0 Å². The number of morpholine rings is 1. The first-order valence-electron chi connectivity index (χ1n) is 33.1. The van der Waals surface area contributed by atoms with E-state index in [1.54, 1.807) is 66.3 Å². The smallest absolute Gasteiger partial charge is 0.229 e. The number of benzene rings is 6. The lowest BCUT2D eigenvalue weighted by Gasteiger charge is -2.42. The van der Waals surface area contributed by atoms with Crippen LogP contribution in [0, 0.1) is 12.7 Å². The molecule has 0 spiro atoms. The van der Waals surface area contributed by atoms with Gasteiger partial charge in [-0.05, 0) is 157 Å². The molecule has 0 saturated carbocycles. The van der Waals surface area contributed by atoms with Crippen molar-refractivity contribution in [1.29, 1.82) is 0 Å². The molecule has 0 amide bonds. The molecule has 540 valence electrons. The van der Waals surface area contributed by atoms with E-state index in [2.05, 4.69) is 101 Å². The Morgan fingerprint density at radius 2 is 0.990 bits per heavy atom. The number of likely N-dealkylation sites (N-methyl/N-ethyl adjacent to an activating group) is 1. The fourth-order valence-corrected chi connectivity index (χ4v) is 15.9. The molecule has 9 aromatic rings. The Morgan fingerprint density at radius 1 is 0.520 bits per heavy atom. The number of ether oxygens (including phenoxy) is 3. The van der Waals surface area contributed by atoms with Crippen molar-refractivity contribution in [1.82, 2.24) is 44.6 Å². The summed E-state index contributed by atoms with van der Waals surface area (Å²) in [4.78, 5) is 36.1. The zero-order valence-electron chi connectivity index (χ0n) is 58.7. The Hall–Kier alpha value is -7.62. The average Bonchev–Trinajstić information content (AvgIpc) is 0.785. The molecule has 0 atom stereocenters. The first-order chi connectivity index (χ1) is 48.7. The number of hydrogen-bond donors (Lipinski definition) is 6. The first-order valence-corrected chi connectivity index (χ1v) is 42.4. The van der Waals surface area contributed by atoms with Crippen LogP contribution in [0.4, 0.5) is 79.5 Å². The highest BCUT2D eigenvalue weighted by Crippen LogP contribution is 2.43. The fourth-order valence-electron chi connectivity index (χ4n) is 11.8. The number of piperazine rings is 1. The second-order valence-electron chi connectivity index (χ2n) is 26.0. The molecule has 0 radical (unpaired) electrons. The van der Waals surface area contributed by atoms with Crippen LogP contribution in [0.2, 0.25) is 20.1 Å². The monoisotopic (exact) mass is 1520 g/mol. The number of aromatic nitrogens is 6. The maximum atomic E-state index is 14.8. The number of nitrogens with zero attached hydrogens (tertiary/aromatic N) is 10. The van der Waals surface area contributed by atoms with E-state index in [1.807, 2.05) is 91.9 Å². The Morgan fingerprint density at radius 3 is 1.50 bits per heavy atom. The summed E-state index contributed by atoms with van der Waals surface area (Å²) >= 11 is 25.0. The highest BCUT2D eigenvalue weighted by Gasteiger charge is 2.28. The number of hydrogen-bond acceptors (Lipinski definition) is 22. The predicted molar refractivity (Wildman–Crippen MR) is 420 cm³/mol. The topological polar surface area (TPSA) is 241 Å². The van der Waals surface area contributed by atoms with Crippen LogP contribution in [0.25, 0.3) is 0 Å². The second kappa shape index (κ2) is 34.8. The molecular formula is C72H86Cl4FN16O6P3. The van der Waals surface area contributed by atoms with Gasteiger partial charge in [0.05, 0.1) is 74.5 Å². The third kappa shape index (κ3) is 20.8. The highest BCUT2D eigenvalue weighted by atomic mass is 35.5. The Labute approximate surface area is 616 Å². The summed E-state index contributed by atoms with van der Waals surface area (Å²) in [6.07, 6.45) is 6.77. The van der Waals surface area contributed by atoms with Crippen LogP contribution in [0.1, 0.15) is 24.0 Å². The van der Waals surface area contributed by atoms with Crippen molar-refractivity contribution in [2.75, 3.05) is 164 Å². The van der Waals surface area contributed by atoms with Gasteiger partial charge in [-0.1, -0.05) is 82.8 Å². The Kier molecular flexibility index (Phi) is 26.3. The molecule has 6 N–H and O–H groups in total. The summed E-state index contributed by atoms with van der Waals surface area (Å²) in [5.41, 5.74) is 7.02. The van der Waals surface area contributed by atoms with Gasteiger partial charge in [-0.25, -0.2) is 19.3 Å². The molecule has 3 aliphatic heterocycles. The summed E-state index contributed by atoms with van der Waals surface area (Å²) in [7, 11) is -2.26. The minimum atomic E-state index is -2.77. The van der Waals surface area contributed by atoms with Crippen LogP contribution >= 0.6 is 67.8 Å². The number of rotatable bonds is 21. The predicted octanol–water partition coefficient (Wildman–Crippen LogP) is 15.8. The van der Waals surface area contributed by atoms with Gasteiger partial charge in [0.15, 0.2) is 17.5 Å². The van der Waals surface area contributed by atoms with E-state index in [9.17, 15) is 18.1 Å². The van der Waals surface area contributed by atoms with Gasteiger partial charge < -0.3 is 69.6 Å². The van der Waals surface area contributed by atoms with Gasteiger partial charge in [-0.15, -0.1) is 0 Å². The zero-order valence-corrected chi connectivity index (χ0v) is 64.4. The summed E-state index contributed by atoms with van der Waals surface area (Å²) in [5, 5.41) is 22.4. The maximum Gasteiger partial charge on any atom is 0.229 e. The van der Waals surface area contributed by atoms with Crippen molar-refractivity contribution in [3.63, 3.8) is 0 Å². The number of piperidine rings is 1. The van der Waals surface area contributed by atoms with Crippen LogP contribution in [0.15, 0.2) is 140 Å². The molecule has 102 heavy (non-hydrogen) atoms. The van der Waals surface area contributed by atoms with E-state index in [4.69, 9.17) is 60.6 Å². The van der Waals surface area contributed by atoms with Crippen LogP contribution in [-0.2, 0) is 25.0 Å². The SMILES string of the molecule is COc1cc(CN2CCOCC2)ccc1Nc1ncc(Cl)c(Nc2ccccc2P(C)(C)=O)n1.COc1cc(N2CCC(N3CCN(C)CC3)CC2)ccc1Nc1ncc(Cl)c(Nc2c(F)cccc2P(C)(C)=O)n1.Cc1cc(Cl)ccc1Nc1ncc(Cl)c(Nc2ccccc2P(C)(C)=O)n1. The minimum Gasteiger partial charge on any atom is -0.495 e. The molecule has 0 aliphatic carbocycles. The van der Waals surface area contributed by atoms with Gasteiger partial charge in [-0.2, -0.15) is 15.0 Å². The van der Waals surface area contributed by atoms with Crippen molar-refractivity contribution >= 4 is 159 Å². The number of aryl methyl sites for hydroxylation is 1. The lowest BCUT2D eigenvalue weighted by molar-refractivity contribution is 0.0342. The average molecular weight is 1530 g/mol. The summed E-state index contributed by atoms with van der Waals surface area (Å²) < 4.78 is 69.6. The number of para-hydroxylation sites is 3. The number of halogens is 5. The van der Waals surface area contributed by atoms with Gasteiger partial charge in [-0.3, -0.25) is 9.80 Å². The largest absolute Gasteiger partial charge is 0.495 e. The van der Waals surface area contributed by atoms with Crippen LogP contribution in [-0.4, -0.2) is 177 Å². The molecular weight excluding hydrogens is 1440 g/mol.